The van der Waals surface area contributed by atoms with Crippen molar-refractivity contribution < 1.29 is 9.59 Å². The van der Waals surface area contributed by atoms with E-state index in [2.05, 4.69) is 20.5 Å². The molecular formula is C20H24ClN5O2. The van der Waals surface area contributed by atoms with E-state index in [9.17, 15) is 9.59 Å². The Bertz CT molecular complexity index is 833. The van der Waals surface area contributed by atoms with Gasteiger partial charge in [0.05, 0.1) is 5.02 Å². The Hall–Kier alpha value is -2.80. The number of rotatable bonds is 4. The van der Waals surface area contributed by atoms with Gasteiger partial charge in [-0.05, 0) is 50.2 Å². The Morgan fingerprint density at radius 3 is 2.36 bits per heavy atom. The van der Waals surface area contributed by atoms with Crippen molar-refractivity contribution in [2.45, 2.75) is 19.9 Å². The molecule has 0 bridgehead atoms. The summed E-state index contributed by atoms with van der Waals surface area (Å²) >= 11 is 6.20. The first kappa shape index (κ1) is 19.9. The second kappa shape index (κ2) is 8.93. The van der Waals surface area contributed by atoms with E-state index in [0.717, 1.165) is 5.82 Å². The first-order chi connectivity index (χ1) is 13.4. The summed E-state index contributed by atoms with van der Waals surface area (Å²) in [6.45, 7) is 6.31. The van der Waals surface area contributed by atoms with E-state index in [4.69, 9.17) is 11.6 Å². The number of halogens is 1. The third-order valence-corrected chi connectivity index (χ3v) is 4.72. The molecule has 3 rings (SSSR count). The van der Waals surface area contributed by atoms with Gasteiger partial charge in [0.25, 0.3) is 5.91 Å². The molecule has 0 spiro atoms. The first-order valence-corrected chi connectivity index (χ1v) is 9.64. The van der Waals surface area contributed by atoms with Crippen LogP contribution in [-0.4, -0.2) is 54.0 Å². The topological polar surface area (TPSA) is 77.6 Å². The normalized spacial score (nSPS) is 14.1. The van der Waals surface area contributed by atoms with Gasteiger partial charge in [-0.15, -0.1) is 0 Å². The van der Waals surface area contributed by atoms with E-state index in [1.807, 2.05) is 19.9 Å². The molecule has 3 amide bonds. The molecule has 28 heavy (non-hydrogen) atoms. The molecule has 7 nitrogen and oxygen atoms in total. The summed E-state index contributed by atoms with van der Waals surface area (Å²) in [5.41, 5.74) is 1.22. The Labute approximate surface area is 169 Å². The number of urea groups is 1. The third-order valence-electron chi connectivity index (χ3n) is 4.42. The quantitative estimate of drug-likeness (QED) is 0.824. The standard InChI is InChI=1S/C20H24ClN5O2/c1-14(2)23-19(27)15-5-7-16(8-6-15)24-20(28)26-12-10-25(11-13-26)18-17(21)4-3-9-22-18/h3-9,14H,10-13H2,1-2H3,(H,23,27)(H,24,28). The zero-order chi connectivity index (χ0) is 20.1. The van der Waals surface area contributed by atoms with Crippen LogP contribution in [0.25, 0.3) is 0 Å². The molecule has 0 unspecified atom stereocenters. The molecule has 0 atom stereocenters. The van der Waals surface area contributed by atoms with Crippen LogP contribution in [-0.2, 0) is 0 Å². The summed E-state index contributed by atoms with van der Waals surface area (Å²) < 4.78 is 0. The van der Waals surface area contributed by atoms with Crippen molar-refractivity contribution in [3.8, 4) is 0 Å². The van der Waals surface area contributed by atoms with Gasteiger partial charge in [0.2, 0.25) is 0 Å². The number of nitrogens with zero attached hydrogens (tertiary/aromatic N) is 3. The molecule has 0 aliphatic carbocycles. The smallest absolute Gasteiger partial charge is 0.321 e. The highest BCUT2D eigenvalue weighted by Crippen LogP contribution is 2.23. The number of amides is 3. The highest BCUT2D eigenvalue weighted by molar-refractivity contribution is 6.32. The fourth-order valence-corrected chi connectivity index (χ4v) is 3.23. The van der Waals surface area contributed by atoms with Crippen LogP contribution in [0.5, 0.6) is 0 Å². The number of hydrogen-bond donors (Lipinski definition) is 2. The molecule has 0 radical (unpaired) electrons. The average molecular weight is 402 g/mol. The van der Waals surface area contributed by atoms with Crippen LogP contribution in [0.1, 0.15) is 24.2 Å². The van der Waals surface area contributed by atoms with Crippen LogP contribution in [0.4, 0.5) is 16.3 Å². The van der Waals surface area contributed by atoms with Crippen LogP contribution >= 0.6 is 11.6 Å². The summed E-state index contributed by atoms with van der Waals surface area (Å²) in [6, 6.07) is 10.4. The largest absolute Gasteiger partial charge is 0.352 e. The van der Waals surface area contributed by atoms with Gasteiger partial charge >= 0.3 is 6.03 Å². The van der Waals surface area contributed by atoms with Gasteiger partial charge in [0.15, 0.2) is 0 Å². The lowest BCUT2D eigenvalue weighted by Crippen LogP contribution is -2.50. The van der Waals surface area contributed by atoms with Gasteiger partial charge in [-0.25, -0.2) is 9.78 Å². The van der Waals surface area contributed by atoms with Gasteiger partial charge in [0.1, 0.15) is 5.82 Å². The maximum atomic E-state index is 12.5. The van der Waals surface area contributed by atoms with Crippen molar-refractivity contribution in [3.63, 3.8) is 0 Å². The maximum Gasteiger partial charge on any atom is 0.321 e. The van der Waals surface area contributed by atoms with E-state index >= 15 is 0 Å². The molecular weight excluding hydrogens is 378 g/mol. The summed E-state index contributed by atoms with van der Waals surface area (Å²) in [4.78, 5) is 32.7. The zero-order valence-corrected chi connectivity index (χ0v) is 16.7. The SMILES string of the molecule is CC(C)NC(=O)c1ccc(NC(=O)N2CCN(c3ncccc3Cl)CC2)cc1. The molecule has 1 fully saturated rings. The van der Waals surface area contributed by atoms with Crippen LogP contribution in [0.2, 0.25) is 5.02 Å². The molecule has 148 valence electrons. The fourth-order valence-electron chi connectivity index (χ4n) is 2.98. The Morgan fingerprint density at radius 1 is 1.07 bits per heavy atom. The van der Waals surface area contributed by atoms with Gasteiger partial charge in [-0.2, -0.15) is 0 Å². The van der Waals surface area contributed by atoms with Crippen molar-refractivity contribution in [1.82, 2.24) is 15.2 Å². The molecule has 1 aliphatic heterocycles. The van der Waals surface area contributed by atoms with Gasteiger partial charge < -0.3 is 20.4 Å². The number of pyridine rings is 1. The molecule has 2 aromatic rings. The minimum Gasteiger partial charge on any atom is -0.352 e. The number of hydrogen-bond acceptors (Lipinski definition) is 4. The van der Waals surface area contributed by atoms with Crippen molar-refractivity contribution in [3.05, 3.63) is 53.2 Å². The van der Waals surface area contributed by atoms with Crippen molar-refractivity contribution in [2.24, 2.45) is 0 Å². The van der Waals surface area contributed by atoms with E-state index in [1.54, 1.807) is 41.4 Å². The van der Waals surface area contributed by atoms with Crippen molar-refractivity contribution >= 4 is 35.0 Å². The maximum absolute atomic E-state index is 12.5. The minimum atomic E-state index is -0.161. The average Bonchev–Trinajstić information content (AvgIpc) is 2.68. The predicted molar refractivity (Wildman–Crippen MR) is 111 cm³/mol. The summed E-state index contributed by atoms with van der Waals surface area (Å²) in [7, 11) is 0. The molecule has 2 N–H and O–H groups in total. The van der Waals surface area contributed by atoms with Gasteiger partial charge in [-0.3, -0.25) is 4.79 Å². The molecule has 1 aromatic heterocycles. The number of carbonyl (C=O) groups is 2. The lowest BCUT2D eigenvalue weighted by Gasteiger charge is -2.35. The Kier molecular flexibility index (Phi) is 6.36. The monoisotopic (exact) mass is 401 g/mol. The number of nitrogens with one attached hydrogen (secondary N) is 2. The summed E-state index contributed by atoms with van der Waals surface area (Å²) in [5, 5.41) is 6.33. The second-order valence-corrected chi connectivity index (χ2v) is 7.33. The number of aromatic nitrogens is 1. The van der Waals surface area contributed by atoms with Crippen LogP contribution in [0.3, 0.4) is 0 Å². The molecule has 1 aromatic carbocycles. The van der Waals surface area contributed by atoms with E-state index in [-0.39, 0.29) is 18.0 Å². The summed E-state index contributed by atoms with van der Waals surface area (Å²) in [6.07, 6.45) is 1.71. The van der Waals surface area contributed by atoms with Crippen molar-refractivity contribution in [1.29, 1.82) is 0 Å². The molecule has 1 aliphatic rings. The zero-order valence-electron chi connectivity index (χ0n) is 16.0. The first-order valence-electron chi connectivity index (χ1n) is 9.26. The molecule has 2 heterocycles. The predicted octanol–water partition coefficient (Wildman–Crippen LogP) is 3.23. The third kappa shape index (κ3) is 4.92. The van der Waals surface area contributed by atoms with E-state index in [1.165, 1.54) is 0 Å². The van der Waals surface area contributed by atoms with E-state index < -0.39 is 0 Å². The van der Waals surface area contributed by atoms with Gasteiger partial charge in [-0.1, -0.05) is 11.6 Å². The molecule has 8 heteroatoms. The highest BCUT2D eigenvalue weighted by atomic mass is 35.5. The number of anilines is 2. The van der Waals surface area contributed by atoms with Crippen LogP contribution < -0.4 is 15.5 Å². The Morgan fingerprint density at radius 2 is 1.75 bits per heavy atom. The van der Waals surface area contributed by atoms with Crippen LogP contribution in [0, 0.1) is 0 Å². The van der Waals surface area contributed by atoms with E-state index in [0.29, 0.717) is 42.5 Å². The van der Waals surface area contributed by atoms with Gasteiger partial charge in [0, 0.05) is 49.7 Å². The van der Waals surface area contributed by atoms with Crippen LogP contribution in [0.15, 0.2) is 42.6 Å². The summed E-state index contributed by atoms with van der Waals surface area (Å²) in [5.74, 6) is 0.622. The minimum absolute atomic E-state index is 0.0755. The number of carbonyl (C=O) groups excluding carboxylic acids is 2. The number of piperazine rings is 1. The highest BCUT2D eigenvalue weighted by Gasteiger charge is 2.23. The Balaban J connectivity index is 1.53. The second-order valence-electron chi connectivity index (χ2n) is 6.92. The fraction of sp³-hybridized carbons (Fsp3) is 0.350. The lowest BCUT2D eigenvalue weighted by atomic mass is 10.2. The molecule has 0 saturated carbocycles. The lowest BCUT2D eigenvalue weighted by molar-refractivity contribution is 0.0943. The van der Waals surface area contributed by atoms with Crippen molar-refractivity contribution in [2.75, 3.05) is 36.4 Å². The molecule has 1 saturated heterocycles. The number of benzene rings is 1.